The van der Waals surface area contributed by atoms with E-state index in [2.05, 4.69) is 5.32 Å². The fourth-order valence-electron chi connectivity index (χ4n) is 2.84. The van der Waals surface area contributed by atoms with Crippen molar-refractivity contribution in [2.45, 2.75) is 57.7 Å². The number of benzene rings is 1. The maximum atomic E-state index is 12.3. The van der Waals surface area contributed by atoms with Gasteiger partial charge in [-0.2, -0.15) is 0 Å². The highest BCUT2D eigenvalue weighted by atomic mass is 16.6. The molecule has 1 saturated carbocycles. The van der Waals surface area contributed by atoms with Crippen LogP contribution in [0.2, 0.25) is 0 Å². The Bertz CT molecular complexity index is 626. The molecule has 1 aliphatic heterocycles. The highest BCUT2D eigenvalue weighted by molar-refractivity contribution is 6.02. The van der Waals surface area contributed by atoms with Gasteiger partial charge in [-0.25, -0.2) is 4.79 Å². The fourth-order valence-corrected chi connectivity index (χ4v) is 2.84. The van der Waals surface area contributed by atoms with E-state index in [-0.39, 0.29) is 11.4 Å². The van der Waals surface area contributed by atoms with Crippen LogP contribution in [0.3, 0.4) is 0 Å². The number of amides is 1. The summed E-state index contributed by atoms with van der Waals surface area (Å²) in [5.41, 5.74) is 0.235. The Hall–Kier alpha value is -2.04. The van der Waals surface area contributed by atoms with E-state index < -0.39 is 11.7 Å². The zero-order valence-electron chi connectivity index (χ0n) is 13.2. The van der Waals surface area contributed by atoms with E-state index in [1.54, 1.807) is 39.0 Å². The molecule has 1 aromatic carbocycles. The molecule has 1 amide bonds. The Morgan fingerprint density at radius 2 is 2.05 bits per heavy atom. The summed E-state index contributed by atoms with van der Waals surface area (Å²) in [6, 6.07) is 5.14. The number of ketones is 1. The van der Waals surface area contributed by atoms with Gasteiger partial charge in [-0.15, -0.1) is 0 Å². The molecular weight excluding hydrogens is 282 g/mol. The molecule has 0 atom stereocenters. The second-order valence-corrected chi connectivity index (χ2v) is 7.08. The third-order valence-electron chi connectivity index (χ3n) is 4.00. The third-order valence-corrected chi connectivity index (χ3v) is 4.00. The predicted octanol–water partition coefficient (Wildman–Crippen LogP) is 3.92. The van der Waals surface area contributed by atoms with Crippen LogP contribution in [-0.4, -0.2) is 23.1 Å². The largest absolute Gasteiger partial charge is 0.486 e. The predicted molar refractivity (Wildman–Crippen MR) is 82.5 cm³/mol. The molecule has 1 N–H and O–H groups in total. The van der Waals surface area contributed by atoms with Gasteiger partial charge in [-0.05, 0) is 58.2 Å². The molecule has 0 saturated heterocycles. The molecule has 5 nitrogen and oxygen atoms in total. The molecule has 0 radical (unpaired) electrons. The SMILES string of the molecule is CC(C)(C)OC(=O)Nc1ccc2c(c1)C(=O)CC1(CCC1)O2. The average molecular weight is 303 g/mol. The van der Waals surface area contributed by atoms with Crippen LogP contribution in [0, 0.1) is 0 Å². The smallest absolute Gasteiger partial charge is 0.412 e. The van der Waals surface area contributed by atoms with Gasteiger partial charge in [-0.1, -0.05) is 0 Å². The Labute approximate surface area is 130 Å². The Balaban J connectivity index is 1.76. The quantitative estimate of drug-likeness (QED) is 0.854. The summed E-state index contributed by atoms with van der Waals surface area (Å²) >= 11 is 0. The molecule has 1 aromatic rings. The van der Waals surface area contributed by atoms with Crippen LogP contribution in [0.4, 0.5) is 10.5 Å². The number of rotatable bonds is 1. The van der Waals surface area contributed by atoms with Crippen LogP contribution >= 0.6 is 0 Å². The average Bonchev–Trinajstić information content (AvgIpc) is 2.35. The Morgan fingerprint density at radius 3 is 2.64 bits per heavy atom. The number of ether oxygens (including phenoxy) is 2. The van der Waals surface area contributed by atoms with Gasteiger partial charge < -0.3 is 9.47 Å². The molecule has 1 spiro atoms. The lowest BCUT2D eigenvalue weighted by Gasteiger charge is -2.44. The number of Topliss-reactive ketones (excluding diaryl/α,β-unsaturated/α-hetero) is 1. The summed E-state index contributed by atoms with van der Waals surface area (Å²) in [4.78, 5) is 24.1. The van der Waals surface area contributed by atoms with Crippen LogP contribution in [0.1, 0.15) is 56.8 Å². The first-order chi connectivity index (χ1) is 10.3. The van der Waals surface area contributed by atoms with Crippen LogP contribution in [0.15, 0.2) is 18.2 Å². The standard InChI is InChI=1S/C17H21NO4/c1-16(2,3)22-15(20)18-11-5-6-14-12(9-11)13(19)10-17(21-14)7-4-8-17/h5-6,9H,4,7-8,10H2,1-3H3,(H,18,20). The van der Waals surface area contributed by atoms with Crippen molar-refractivity contribution in [2.24, 2.45) is 0 Å². The maximum Gasteiger partial charge on any atom is 0.412 e. The lowest BCUT2D eigenvalue weighted by Crippen LogP contribution is -2.47. The molecule has 0 bridgehead atoms. The molecule has 5 heteroatoms. The number of hydrogen-bond donors (Lipinski definition) is 1. The highest BCUT2D eigenvalue weighted by Gasteiger charge is 2.45. The zero-order valence-corrected chi connectivity index (χ0v) is 13.2. The van der Waals surface area contributed by atoms with E-state index in [9.17, 15) is 9.59 Å². The van der Waals surface area contributed by atoms with E-state index in [4.69, 9.17) is 9.47 Å². The van der Waals surface area contributed by atoms with Gasteiger partial charge in [0.15, 0.2) is 5.78 Å². The first-order valence-electron chi connectivity index (χ1n) is 7.63. The van der Waals surface area contributed by atoms with Crippen LogP contribution in [0.5, 0.6) is 5.75 Å². The Kier molecular flexibility index (Phi) is 3.38. The molecule has 1 aliphatic carbocycles. The summed E-state index contributed by atoms with van der Waals surface area (Å²) in [6.45, 7) is 5.40. The monoisotopic (exact) mass is 303 g/mol. The van der Waals surface area contributed by atoms with E-state index in [1.807, 2.05) is 0 Å². The normalized spacial score (nSPS) is 19.0. The zero-order chi connectivity index (χ0) is 16.0. The summed E-state index contributed by atoms with van der Waals surface area (Å²) in [5, 5.41) is 2.65. The number of nitrogens with one attached hydrogen (secondary N) is 1. The number of carbonyl (C=O) groups is 2. The molecule has 2 aliphatic rings. The van der Waals surface area contributed by atoms with Gasteiger partial charge in [-0.3, -0.25) is 10.1 Å². The van der Waals surface area contributed by atoms with E-state index in [0.29, 0.717) is 23.4 Å². The van der Waals surface area contributed by atoms with Gasteiger partial charge in [0.2, 0.25) is 0 Å². The minimum Gasteiger partial charge on any atom is -0.486 e. The molecule has 3 rings (SSSR count). The lowest BCUT2D eigenvalue weighted by atomic mass is 9.74. The maximum absolute atomic E-state index is 12.3. The summed E-state index contributed by atoms with van der Waals surface area (Å²) in [5.74, 6) is 0.694. The van der Waals surface area contributed by atoms with Crippen molar-refractivity contribution in [3.63, 3.8) is 0 Å². The highest BCUT2D eigenvalue weighted by Crippen LogP contribution is 2.45. The number of hydrogen-bond acceptors (Lipinski definition) is 4. The van der Waals surface area contributed by atoms with Gasteiger partial charge in [0, 0.05) is 5.69 Å². The van der Waals surface area contributed by atoms with Crippen molar-refractivity contribution in [1.29, 1.82) is 0 Å². The number of anilines is 1. The van der Waals surface area contributed by atoms with Crippen LogP contribution in [0.25, 0.3) is 0 Å². The molecule has 0 unspecified atom stereocenters. The minimum absolute atomic E-state index is 0.0776. The molecule has 0 aromatic heterocycles. The van der Waals surface area contributed by atoms with Crippen molar-refractivity contribution in [3.8, 4) is 5.75 Å². The van der Waals surface area contributed by atoms with Crippen molar-refractivity contribution < 1.29 is 19.1 Å². The van der Waals surface area contributed by atoms with Gasteiger partial charge in [0.05, 0.1) is 12.0 Å². The van der Waals surface area contributed by atoms with Crippen molar-refractivity contribution >= 4 is 17.6 Å². The molecule has 22 heavy (non-hydrogen) atoms. The minimum atomic E-state index is -0.562. The first kappa shape index (κ1) is 14.9. The summed E-state index contributed by atoms with van der Waals surface area (Å²) in [6.07, 6.45) is 2.88. The van der Waals surface area contributed by atoms with E-state index in [0.717, 1.165) is 19.3 Å². The van der Waals surface area contributed by atoms with Gasteiger partial charge >= 0.3 is 6.09 Å². The summed E-state index contributed by atoms with van der Waals surface area (Å²) < 4.78 is 11.2. The van der Waals surface area contributed by atoms with Crippen molar-refractivity contribution in [1.82, 2.24) is 0 Å². The lowest BCUT2D eigenvalue weighted by molar-refractivity contribution is -0.0177. The van der Waals surface area contributed by atoms with Crippen molar-refractivity contribution in [3.05, 3.63) is 23.8 Å². The van der Waals surface area contributed by atoms with Gasteiger partial charge in [0.25, 0.3) is 0 Å². The molecule has 118 valence electrons. The number of fused-ring (bicyclic) bond motifs is 1. The van der Waals surface area contributed by atoms with E-state index in [1.165, 1.54) is 0 Å². The van der Waals surface area contributed by atoms with Crippen LogP contribution in [-0.2, 0) is 4.74 Å². The molecule has 1 heterocycles. The van der Waals surface area contributed by atoms with Crippen LogP contribution < -0.4 is 10.1 Å². The fraction of sp³-hybridized carbons (Fsp3) is 0.529. The second-order valence-electron chi connectivity index (χ2n) is 7.08. The molecule has 1 fully saturated rings. The van der Waals surface area contributed by atoms with E-state index >= 15 is 0 Å². The second kappa shape index (κ2) is 5.00. The number of carbonyl (C=O) groups excluding carboxylic acids is 2. The third kappa shape index (κ3) is 2.93. The van der Waals surface area contributed by atoms with Crippen molar-refractivity contribution in [2.75, 3.05) is 5.32 Å². The Morgan fingerprint density at radius 1 is 1.32 bits per heavy atom. The first-order valence-corrected chi connectivity index (χ1v) is 7.63. The topological polar surface area (TPSA) is 64.6 Å². The summed E-state index contributed by atoms with van der Waals surface area (Å²) in [7, 11) is 0. The van der Waals surface area contributed by atoms with Gasteiger partial charge in [0.1, 0.15) is 17.0 Å². The molecular formula is C17H21NO4.